The number of unbranched alkanes of at least 4 members (excludes halogenated alkanes) is 2. The number of nitrogens with zero attached hydrogens (tertiary/aromatic N) is 2. The van der Waals surface area contributed by atoms with Crippen LogP contribution in [0.15, 0.2) is 66.7 Å². The Bertz CT molecular complexity index is 1580. The number of imide groups is 2. The largest absolute Gasteiger partial charge is 0.534 e. The molecule has 4 amide bonds. The van der Waals surface area contributed by atoms with Crippen LogP contribution in [0, 0.1) is 0 Å². The number of aryl methyl sites for hydroxylation is 2. The molecule has 230 valence electrons. The Morgan fingerprint density at radius 3 is 1.30 bits per heavy atom. The lowest BCUT2D eigenvalue weighted by Crippen LogP contribution is -2.30. The topological polar surface area (TPSA) is 118 Å². The molecule has 2 aliphatic rings. The van der Waals surface area contributed by atoms with E-state index >= 15 is 0 Å². The number of rotatable bonds is 12. The third kappa shape index (κ3) is 6.23. The summed E-state index contributed by atoms with van der Waals surface area (Å²) in [5.41, 5.74) is -3.25. The molecule has 0 spiro atoms. The van der Waals surface area contributed by atoms with E-state index in [9.17, 15) is 40.8 Å². The van der Waals surface area contributed by atoms with Gasteiger partial charge in [-0.15, -0.1) is 0 Å². The molecular weight excluding hydrogens is 601 g/mol. The standard InChI is InChI=1S/C31H27F3N2O7S/c32-31(33,34)44(41,42)43-22-18-20(9-5-7-15-35-27(37)23-11-1-2-12-24(23)28(35)38)17-21(19-22)10-6-8-16-36-29(39)25-13-3-4-14-26(25)30(36)40/h1-4,11-14,17-19H,5-10,15-16H2. The van der Waals surface area contributed by atoms with Gasteiger partial charge in [0.05, 0.1) is 22.3 Å². The third-order valence-electron chi connectivity index (χ3n) is 7.47. The number of hydrogen-bond acceptors (Lipinski definition) is 7. The van der Waals surface area contributed by atoms with Gasteiger partial charge in [-0.2, -0.15) is 21.6 Å². The quantitative estimate of drug-likeness (QED) is 0.118. The van der Waals surface area contributed by atoms with E-state index in [1.54, 1.807) is 54.6 Å². The number of alkyl halides is 3. The maximum Gasteiger partial charge on any atom is 0.534 e. The SMILES string of the molecule is O=C1c2ccccc2C(=O)N1CCCCc1cc(CCCCN2C(=O)c3ccccc3C2=O)cc(OS(=O)(=O)C(F)(F)F)c1. The Labute approximate surface area is 251 Å². The molecule has 0 aliphatic carbocycles. The predicted molar refractivity (Wildman–Crippen MR) is 152 cm³/mol. The van der Waals surface area contributed by atoms with Crippen molar-refractivity contribution in [1.82, 2.24) is 9.80 Å². The summed E-state index contributed by atoms with van der Waals surface area (Å²) in [5.74, 6) is -2.04. The van der Waals surface area contributed by atoms with Gasteiger partial charge in [-0.1, -0.05) is 30.3 Å². The summed E-state index contributed by atoms with van der Waals surface area (Å²) in [7, 11) is -5.90. The van der Waals surface area contributed by atoms with Crippen molar-refractivity contribution in [1.29, 1.82) is 0 Å². The lowest BCUT2D eigenvalue weighted by atomic mass is 10.0. The highest BCUT2D eigenvalue weighted by atomic mass is 32.2. The van der Waals surface area contributed by atoms with Crippen LogP contribution in [0.2, 0.25) is 0 Å². The first-order chi connectivity index (χ1) is 20.9. The van der Waals surface area contributed by atoms with E-state index in [-0.39, 0.29) is 36.7 Å². The molecule has 2 aliphatic heterocycles. The van der Waals surface area contributed by atoms with Crippen LogP contribution >= 0.6 is 0 Å². The van der Waals surface area contributed by atoms with Gasteiger partial charge in [0.15, 0.2) is 0 Å². The Kier molecular flexibility index (Phi) is 8.60. The lowest BCUT2D eigenvalue weighted by molar-refractivity contribution is -0.0500. The molecule has 9 nitrogen and oxygen atoms in total. The van der Waals surface area contributed by atoms with Gasteiger partial charge in [-0.05, 0) is 86.1 Å². The average molecular weight is 629 g/mol. The third-order valence-corrected chi connectivity index (χ3v) is 8.45. The molecule has 13 heteroatoms. The van der Waals surface area contributed by atoms with E-state index in [0.717, 1.165) is 9.80 Å². The van der Waals surface area contributed by atoms with E-state index in [0.29, 0.717) is 71.9 Å². The van der Waals surface area contributed by atoms with E-state index < -0.39 is 21.4 Å². The average Bonchev–Trinajstić information content (AvgIpc) is 3.37. The van der Waals surface area contributed by atoms with Gasteiger partial charge in [0, 0.05) is 13.1 Å². The summed E-state index contributed by atoms with van der Waals surface area (Å²) in [6.07, 6.45) is 2.34. The van der Waals surface area contributed by atoms with Crippen molar-refractivity contribution in [3.63, 3.8) is 0 Å². The number of benzene rings is 3. The molecule has 3 aromatic carbocycles. The van der Waals surface area contributed by atoms with Crippen LogP contribution in [0.1, 0.15) is 78.2 Å². The zero-order valence-electron chi connectivity index (χ0n) is 23.3. The second-order valence-electron chi connectivity index (χ2n) is 10.5. The number of carbonyl (C=O) groups is 4. The molecule has 5 rings (SSSR count). The van der Waals surface area contributed by atoms with Crippen LogP contribution in [0.5, 0.6) is 5.75 Å². The van der Waals surface area contributed by atoms with E-state index in [2.05, 4.69) is 4.18 Å². The van der Waals surface area contributed by atoms with E-state index in [4.69, 9.17) is 0 Å². The van der Waals surface area contributed by atoms with Crippen LogP contribution < -0.4 is 4.18 Å². The summed E-state index contributed by atoms with van der Waals surface area (Å²) < 4.78 is 66.8. The number of amides is 4. The first-order valence-electron chi connectivity index (χ1n) is 13.9. The fourth-order valence-electron chi connectivity index (χ4n) is 5.32. The minimum absolute atomic E-state index is 0.148. The van der Waals surface area contributed by atoms with Gasteiger partial charge >= 0.3 is 15.6 Å². The van der Waals surface area contributed by atoms with Crippen molar-refractivity contribution in [3.05, 3.63) is 100 Å². The summed E-state index contributed by atoms with van der Waals surface area (Å²) in [5, 5.41) is 0. The predicted octanol–water partition coefficient (Wildman–Crippen LogP) is 5.15. The van der Waals surface area contributed by atoms with Gasteiger partial charge in [0.1, 0.15) is 5.75 Å². The highest BCUT2D eigenvalue weighted by molar-refractivity contribution is 7.88. The van der Waals surface area contributed by atoms with Crippen LogP contribution in [0.3, 0.4) is 0 Å². The highest BCUT2D eigenvalue weighted by Gasteiger charge is 2.48. The van der Waals surface area contributed by atoms with Crippen molar-refractivity contribution >= 4 is 33.7 Å². The first-order valence-corrected chi connectivity index (χ1v) is 15.3. The van der Waals surface area contributed by atoms with Crippen LogP contribution in [-0.2, 0) is 23.0 Å². The summed E-state index contributed by atoms with van der Waals surface area (Å²) in [6, 6.07) is 17.2. The van der Waals surface area contributed by atoms with E-state index in [1.165, 1.54) is 12.1 Å². The van der Waals surface area contributed by atoms with E-state index in [1.807, 2.05) is 0 Å². The molecule has 0 fully saturated rings. The summed E-state index contributed by atoms with van der Waals surface area (Å²) in [4.78, 5) is 52.6. The van der Waals surface area contributed by atoms with Gasteiger partial charge in [0.25, 0.3) is 23.6 Å². The molecule has 44 heavy (non-hydrogen) atoms. The Morgan fingerprint density at radius 1 is 0.591 bits per heavy atom. The molecular formula is C31H27F3N2O7S. The first kappa shape index (κ1) is 30.9. The fraction of sp³-hybridized carbons (Fsp3) is 0.290. The number of hydrogen-bond donors (Lipinski definition) is 0. The summed E-state index contributed by atoms with van der Waals surface area (Å²) >= 11 is 0. The van der Waals surface area contributed by atoms with Gasteiger partial charge in [-0.25, -0.2) is 0 Å². The lowest BCUT2D eigenvalue weighted by Gasteiger charge is -2.15. The Morgan fingerprint density at radius 2 is 0.955 bits per heavy atom. The van der Waals surface area contributed by atoms with Crippen LogP contribution in [-0.4, -0.2) is 60.4 Å². The zero-order chi connectivity index (χ0) is 31.6. The monoisotopic (exact) mass is 628 g/mol. The van der Waals surface area contributed by atoms with Crippen molar-refractivity contribution in [2.24, 2.45) is 0 Å². The number of halogens is 3. The van der Waals surface area contributed by atoms with Crippen molar-refractivity contribution in [2.45, 2.75) is 44.0 Å². The molecule has 0 saturated carbocycles. The van der Waals surface area contributed by atoms with Gasteiger partial charge in [0.2, 0.25) is 0 Å². The number of fused-ring (bicyclic) bond motifs is 2. The van der Waals surface area contributed by atoms with Crippen molar-refractivity contribution in [2.75, 3.05) is 13.1 Å². The molecule has 0 atom stereocenters. The molecule has 0 aromatic heterocycles. The molecule has 3 aromatic rings. The number of carbonyl (C=O) groups excluding carboxylic acids is 4. The molecule has 2 heterocycles. The molecule has 0 N–H and O–H groups in total. The van der Waals surface area contributed by atoms with Crippen LogP contribution in [0.25, 0.3) is 0 Å². The highest BCUT2D eigenvalue weighted by Crippen LogP contribution is 2.30. The minimum atomic E-state index is -5.90. The molecule has 0 bridgehead atoms. The molecule has 0 radical (unpaired) electrons. The Hall–Kier alpha value is -4.52. The van der Waals surface area contributed by atoms with Crippen molar-refractivity contribution in [3.8, 4) is 5.75 Å². The summed E-state index contributed by atoms with van der Waals surface area (Å²) in [6.45, 7) is 0.297. The fourth-order valence-corrected chi connectivity index (χ4v) is 5.77. The van der Waals surface area contributed by atoms with Gasteiger partial charge in [-0.3, -0.25) is 29.0 Å². The molecule has 0 saturated heterocycles. The normalized spacial score (nSPS) is 14.8. The van der Waals surface area contributed by atoms with Crippen LogP contribution in [0.4, 0.5) is 13.2 Å². The van der Waals surface area contributed by atoms with Crippen molar-refractivity contribution < 1.29 is 45.0 Å². The van der Waals surface area contributed by atoms with Gasteiger partial charge < -0.3 is 4.18 Å². The molecule has 0 unspecified atom stereocenters. The zero-order valence-corrected chi connectivity index (χ0v) is 24.1. The minimum Gasteiger partial charge on any atom is -0.376 e. The second-order valence-corrected chi connectivity index (χ2v) is 12.0. The maximum atomic E-state index is 13.0. The smallest absolute Gasteiger partial charge is 0.376 e. The Balaban J connectivity index is 1.21. The second kappa shape index (κ2) is 12.2. The maximum absolute atomic E-state index is 13.0.